The van der Waals surface area contributed by atoms with Crippen LogP contribution in [0.2, 0.25) is 0 Å². The van der Waals surface area contributed by atoms with E-state index in [1.807, 2.05) is 38.1 Å². The van der Waals surface area contributed by atoms with E-state index >= 15 is 0 Å². The average molecular weight is 546 g/mol. The van der Waals surface area contributed by atoms with Crippen LogP contribution in [0.1, 0.15) is 81.0 Å². The van der Waals surface area contributed by atoms with Crippen molar-refractivity contribution in [2.24, 2.45) is 0 Å². The predicted molar refractivity (Wildman–Crippen MR) is 164 cm³/mol. The Hall–Kier alpha value is -2.37. The van der Waals surface area contributed by atoms with Gasteiger partial charge in [-0.25, -0.2) is 0 Å². The molecular formula is C35H51N3O2. The maximum absolute atomic E-state index is 13.6. The molecule has 0 unspecified atom stereocenters. The first-order valence-electron chi connectivity index (χ1n) is 15.9. The maximum Gasteiger partial charge on any atom is 0.227 e. The summed E-state index contributed by atoms with van der Waals surface area (Å²) in [4.78, 5) is 21.2. The number of likely N-dealkylation sites (tertiary alicyclic amines) is 1. The fourth-order valence-corrected chi connectivity index (χ4v) is 7.41. The number of ether oxygens (including phenoxy) is 1. The van der Waals surface area contributed by atoms with Crippen molar-refractivity contribution in [1.29, 1.82) is 0 Å². The molecule has 5 heteroatoms. The van der Waals surface area contributed by atoms with Gasteiger partial charge in [0.2, 0.25) is 5.91 Å². The van der Waals surface area contributed by atoms with Crippen molar-refractivity contribution in [1.82, 2.24) is 14.7 Å². The van der Waals surface area contributed by atoms with Gasteiger partial charge in [-0.15, -0.1) is 0 Å². The van der Waals surface area contributed by atoms with Gasteiger partial charge in [-0.2, -0.15) is 0 Å². The topological polar surface area (TPSA) is 36.0 Å². The summed E-state index contributed by atoms with van der Waals surface area (Å²) in [6, 6.07) is 15.8. The van der Waals surface area contributed by atoms with Gasteiger partial charge in [0.05, 0.1) is 12.5 Å². The van der Waals surface area contributed by atoms with Gasteiger partial charge >= 0.3 is 0 Å². The zero-order valence-corrected chi connectivity index (χ0v) is 25.5. The molecule has 0 spiro atoms. The number of benzene rings is 2. The van der Waals surface area contributed by atoms with Gasteiger partial charge in [-0.05, 0) is 88.7 Å². The molecule has 2 saturated heterocycles. The number of piperazine rings is 1. The van der Waals surface area contributed by atoms with Crippen molar-refractivity contribution in [2.45, 2.75) is 96.6 Å². The Morgan fingerprint density at radius 2 is 1.75 bits per heavy atom. The molecule has 2 aromatic carbocycles. The third kappa shape index (κ3) is 7.09. The third-order valence-electron chi connectivity index (χ3n) is 9.70. The van der Waals surface area contributed by atoms with E-state index in [1.54, 1.807) is 0 Å². The Morgan fingerprint density at radius 1 is 0.975 bits per heavy atom. The fraction of sp³-hybridized carbons (Fsp3) is 0.629. The van der Waals surface area contributed by atoms with Crippen LogP contribution in [0, 0.1) is 13.8 Å². The number of amides is 1. The number of nitrogens with zero attached hydrogens (tertiary/aromatic N) is 3. The SMILES string of the molecule is Cc1ccc(C)c([C@]2(CCN3CCN(C4CCCCC4)CC3)CCN(C(=O)Cc3cccc(OC(C)C)c3)C2)c1. The number of carbonyl (C=O) groups excluding carboxylic acids is 1. The van der Waals surface area contributed by atoms with Gasteiger partial charge in [0.25, 0.3) is 0 Å². The van der Waals surface area contributed by atoms with Gasteiger partial charge in [0, 0.05) is 50.7 Å². The second kappa shape index (κ2) is 13.1. The van der Waals surface area contributed by atoms with Crippen LogP contribution in [-0.4, -0.2) is 78.6 Å². The van der Waals surface area contributed by atoms with Crippen molar-refractivity contribution in [2.75, 3.05) is 45.8 Å². The van der Waals surface area contributed by atoms with E-state index in [0.29, 0.717) is 6.42 Å². The molecule has 1 amide bonds. The van der Waals surface area contributed by atoms with E-state index < -0.39 is 0 Å². The molecule has 3 aliphatic rings. The lowest BCUT2D eigenvalue weighted by Gasteiger charge is -2.42. The van der Waals surface area contributed by atoms with Crippen LogP contribution in [0.15, 0.2) is 42.5 Å². The molecule has 0 bridgehead atoms. The molecule has 3 fully saturated rings. The number of aryl methyl sites for hydroxylation is 2. The Kier molecular flexibility index (Phi) is 9.53. The predicted octanol–water partition coefficient (Wildman–Crippen LogP) is 6.14. The number of hydrogen-bond acceptors (Lipinski definition) is 4. The molecule has 0 aromatic heterocycles. The van der Waals surface area contributed by atoms with E-state index in [0.717, 1.165) is 49.8 Å². The van der Waals surface area contributed by atoms with E-state index in [2.05, 4.69) is 46.7 Å². The Balaban J connectivity index is 1.25. The fourth-order valence-electron chi connectivity index (χ4n) is 7.41. The molecule has 2 heterocycles. The normalized spacial score (nSPS) is 23.2. The number of carbonyl (C=O) groups is 1. The lowest BCUT2D eigenvalue weighted by molar-refractivity contribution is -0.129. The second-order valence-electron chi connectivity index (χ2n) is 13.1. The summed E-state index contributed by atoms with van der Waals surface area (Å²) < 4.78 is 5.88. The highest BCUT2D eigenvalue weighted by molar-refractivity contribution is 5.79. The summed E-state index contributed by atoms with van der Waals surface area (Å²) in [6.45, 7) is 16.1. The summed E-state index contributed by atoms with van der Waals surface area (Å²) in [6.07, 6.45) is 9.76. The lowest BCUT2D eigenvalue weighted by Crippen LogP contribution is -2.51. The summed E-state index contributed by atoms with van der Waals surface area (Å²) >= 11 is 0. The van der Waals surface area contributed by atoms with E-state index in [9.17, 15) is 4.79 Å². The molecule has 40 heavy (non-hydrogen) atoms. The standard InChI is InChI=1S/C35H51N3O2/c1-27(2)40-32-12-8-9-30(24-32)25-34(39)38-18-16-35(26-38,33-23-28(3)13-14-29(33)4)15-17-36-19-21-37(22-20-36)31-10-6-5-7-11-31/h8-9,12-14,23-24,27,31H,5-7,10-11,15-22,25-26H2,1-4H3/t35-/m1/s1. The van der Waals surface area contributed by atoms with E-state index in [-0.39, 0.29) is 17.4 Å². The van der Waals surface area contributed by atoms with Gasteiger partial charge < -0.3 is 14.5 Å². The van der Waals surface area contributed by atoms with Crippen LogP contribution in [0.25, 0.3) is 0 Å². The summed E-state index contributed by atoms with van der Waals surface area (Å²) in [7, 11) is 0. The largest absolute Gasteiger partial charge is 0.491 e. The zero-order chi connectivity index (χ0) is 28.1. The molecule has 1 saturated carbocycles. The Labute approximate surface area is 242 Å². The molecule has 0 radical (unpaired) electrons. The minimum atomic E-state index is 0.0227. The first-order valence-corrected chi connectivity index (χ1v) is 15.9. The molecule has 5 rings (SSSR count). The van der Waals surface area contributed by atoms with Gasteiger partial charge in [-0.3, -0.25) is 9.69 Å². The van der Waals surface area contributed by atoms with E-state index in [1.165, 1.54) is 75.0 Å². The maximum atomic E-state index is 13.6. The lowest BCUT2D eigenvalue weighted by atomic mass is 9.74. The van der Waals surface area contributed by atoms with Crippen LogP contribution in [0.3, 0.4) is 0 Å². The second-order valence-corrected chi connectivity index (χ2v) is 13.1. The number of rotatable bonds is 9. The van der Waals surface area contributed by atoms with Crippen molar-refractivity contribution in [3.63, 3.8) is 0 Å². The smallest absolute Gasteiger partial charge is 0.227 e. The van der Waals surface area contributed by atoms with Crippen molar-refractivity contribution in [3.8, 4) is 5.75 Å². The number of hydrogen-bond donors (Lipinski definition) is 0. The summed E-state index contributed by atoms with van der Waals surface area (Å²) in [5.41, 5.74) is 5.18. The van der Waals surface area contributed by atoms with E-state index in [4.69, 9.17) is 4.74 Å². The highest BCUT2D eigenvalue weighted by Crippen LogP contribution is 2.40. The Morgan fingerprint density at radius 3 is 2.50 bits per heavy atom. The molecule has 218 valence electrons. The van der Waals surface area contributed by atoms with Crippen LogP contribution in [0.4, 0.5) is 0 Å². The first kappa shape index (κ1) is 29.1. The van der Waals surface area contributed by atoms with Crippen LogP contribution < -0.4 is 4.74 Å². The van der Waals surface area contributed by atoms with Gasteiger partial charge in [0.1, 0.15) is 5.75 Å². The van der Waals surface area contributed by atoms with Gasteiger partial charge in [0.15, 0.2) is 0 Å². The quantitative estimate of drug-likeness (QED) is 0.379. The van der Waals surface area contributed by atoms with Gasteiger partial charge in [-0.1, -0.05) is 55.2 Å². The molecule has 0 N–H and O–H groups in total. The van der Waals surface area contributed by atoms with Crippen LogP contribution >= 0.6 is 0 Å². The summed E-state index contributed by atoms with van der Waals surface area (Å²) in [5, 5.41) is 0. The van der Waals surface area contributed by atoms with Crippen LogP contribution in [0.5, 0.6) is 5.75 Å². The van der Waals surface area contributed by atoms with Crippen molar-refractivity contribution >= 4 is 5.91 Å². The third-order valence-corrected chi connectivity index (χ3v) is 9.70. The van der Waals surface area contributed by atoms with Crippen LogP contribution in [-0.2, 0) is 16.6 Å². The first-order chi connectivity index (χ1) is 19.3. The monoisotopic (exact) mass is 545 g/mol. The average Bonchev–Trinajstić information content (AvgIpc) is 3.40. The molecule has 2 aliphatic heterocycles. The molecule has 2 aromatic rings. The van der Waals surface area contributed by atoms with Crippen molar-refractivity contribution < 1.29 is 9.53 Å². The highest BCUT2D eigenvalue weighted by Gasteiger charge is 2.42. The minimum absolute atomic E-state index is 0.0227. The molecular weight excluding hydrogens is 494 g/mol. The Bertz CT molecular complexity index is 1130. The molecule has 5 nitrogen and oxygen atoms in total. The van der Waals surface area contributed by atoms with Crippen molar-refractivity contribution in [3.05, 3.63) is 64.7 Å². The zero-order valence-electron chi connectivity index (χ0n) is 25.5. The minimum Gasteiger partial charge on any atom is -0.491 e. The summed E-state index contributed by atoms with van der Waals surface area (Å²) in [5.74, 6) is 1.07. The molecule has 1 atom stereocenters. The highest BCUT2D eigenvalue weighted by atomic mass is 16.5. The molecule has 1 aliphatic carbocycles.